The molecule has 4 nitrogen and oxygen atoms in total. The lowest BCUT2D eigenvalue weighted by atomic mass is 9.89. The second-order valence-corrected chi connectivity index (χ2v) is 5.98. The van der Waals surface area contributed by atoms with Crippen molar-refractivity contribution < 1.29 is 9.47 Å². The van der Waals surface area contributed by atoms with Crippen molar-refractivity contribution >= 4 is 0 Å². The minimum atomic E-state index is 0.695. The fourth-order valence-electron chi connectivity index (χ4n) is 3.33. The Morgan fingerprint density at radius 3 is 2.71 bits per heavy atom. The van der Waals surface area contributed by atoms with E-state index >= 15 is 0 Å². The van der Waals surface area contributed by atoms with Crippen LogP contribution < -0.4 is 10.1 Å². The second kappa shape index (κ2) is 7.25. The Morgan fingerprint density at radius 2 is 2.00 bits per heavy atom. The Bertz CT molecular complexity index is 452. The summed E-state index contributed by atoms with van der Waals surface area (Å²) >= 11 is 0. The molecule has 2 fully saturated rings. The average molecular weight is 290 g/mol. The van der Waals surface area contributed by atoms with Crippen LogP contribution in [0.25, 0.3) is 0 Å². The van der Waals surface area contributed by atoms with Crippen LogP contribution in [-0.4, -0.2) is 51.4 Å². The van der Waals surface area contributed by atoms with E-state index in [9.17, 15) is 0 Å². The Hall–Kier alpha value is -1.10. The van der Waals surface area contributed by atoms with E-state index in [1.807, 2.05) is 0 Å². The van der Waals surface area contributed by atoms with Crippen molar-refractivity contribution in [2.24, 2.45) is 0 Å². The standard InChI is InChI=1S/C17H26N2O2/c1-20-17-3-2-15(14-4-6-18-7-5-14)12-16(17)13-19-8-10-21-11-9-19/h2-3,12,14,18H,4-11,13H2,1H3. The van der Waals surface area contributed by atoms with E-state index < -0.39 is 0 Å². The molecule has 3 rings (SSSR count). The fraction of sp³-hybridized carbons (Fsp3) is 0.647. The van der Waals surface area contributed by atoms with Crippen molar-refractivity contribution in [2.45, 2.75) is 25.3 Å². The number of morpholine rings is 1. The van der Waals surface area contributed by atoms with Gasteiger partial charge in [0.25, 0.3) is 0 Å². The number of hydrogen-bond donors (Lipinski definition) is 1. The van der Waals surface area contributed by atoms with E-state index in [1.54, 1.807) is 7.11 Å². The highest BCUT2D eigenvalue weighted by Crippen LogP contribution is 2.30. The Kier molecular flexibility index (Phi) is 5.12. The lowest BCUT2D eigenvalue weighted by Gasteiger charge is -2.28. The largest absolute Gasteiger partial charge is 0.496 e. The summed E-state index contributed by atoms with van der Waals surface area (Å²) in [5, 5.41) is 3.44. The summed E-state index contributed by atoms with van der Waals surface area (Å²) < 4.78 is 11.0. The molecule has 1 aromatic carbocycles. The first-order chi connectivity index (χ1) is 10.4. The molecule has 0 amide bonds. The number of hydrogen-bond acceptors (Lipinski definition) is 4. The summed E-state index contributed by atoms with van der Waals surface area (Å²) in [4.78, 5) is 2.45. The molecule has 0 aliphatic carbocycles. The van der Waals surface area contributed by atoms with Crippen molar-refractivity contribution in [2.75, 3.05) is 46.5 Å². The lowest BCUT2D eigenvalue weighted by Crippen LogP contribution is -2.35. The van der Waals surface area contributed by atoms with E-state index in [0.717, 1.165) is 51.7 Å². The zero-order chi connectivity index (χ0) is 14.5. The summed E-state index contributed by atoms with van der Waals surface area (Å²) in [7, 11) is 1.77. The van der Waals surface area contributed by atoms with Gasteiger partial charge < -0.3 is 14.8 Å². The molecule has 0 atom stereocenters. The Labute approximate surface area is 127 Å². The molecule has 2 heterocycles. The number of nitrogens with one attached hydrogen (secondary N) is 1. The minimum absolute atomic E-state index is 0.695. The molecule has 21 heavy (non-hydrogen) atoms. The van der Waals surface area contributed by atoms with Gasteiger partial charge in [0, 0.05) is 25.2 Å². The summed E-state index contributed by atoms with van der Waals surface area (Å²) in [6.07, 6.45) is 2.48. The molecular formula is C17H26N2O2. The Balaban J connectivity index is 1.75. The molecule has 0 bridgehead atoms. The first-order valence-electron chi connectivity index (χ1n) is 8.04. The van der Waals surface area contributed by atoms with E-state index in [-0.39, 0.29) is 0 Å². The monoisotopic (exact) mass is 290 g/mol. The van der Waals surface area contributed by atoms with Crippen molar-refractivity contribution in [3.8, 4) is 5.75 Å². The molecule has 2 saturated heterocycles. The number of benzene rings is 1. The summed E-state index contributed by atoms with van der Waals surface area (Å²) in [5.74, 6) is 1.71. The van der Waals surface area contributed by atoms with Gasteiger partial charge in [0.1, 0.15) is 5.75 Å². The highest BCUT2D eigenvalue weighted by atomic mass is 16.5. The van der Waals surface area contributed by atoms with Crippen LogP contribution in [0.15, 0.2) is 18.2 Å². The van der Waals surface area contributed by atoms with Crippen LogP contribution in [0.4, 0.5) is 0 Å². The predicted molar refractivity (Wildman–Crippen MR) is 83.9 cm³/mol. The third-order valence-corrected chi connectivity index (χ3v) is 4.61. The molecule has 0 radical (unpaired) electrons. The molecule has 116 valence electrons. The number of nitrogens with zero attached hydrogens (tertiary/aromatic N) is 1. The highest BCUT2D eigenvalue weighted by Gasteiger charge is 2.18. The van der Waals surface area contributed by atoms with E-state index in [1.165, 1.54) is 24.0 Å². The van der Waals surface area contributed by atoms with Gasteiger partial charge in [-0.2, -0.15) is 0 Å². The topological polar surface area (TPSA) is 33.7 Å². The van der Waals surface area contributed by atoms with Crippen LogP contribution in [0, 0.1) is 0 Å². The molecule has 0 saturated carbocycles. The quantitative estimate of drug-likeness (QED) is 0.919. The van der Waals surface area contributed by atoms with Crippen molar-refractivity contribution in [3.05, 3.63) is 29.3 Å². The Morgan fingerprint density at radius 1 is 1.24 bits per heavy atom. The highest BCUT2D eigenvalue weighted by molar-refractivity contribution is 5.39. The first kappa shape index (κ1) is 14.8. The molecule has 0 spiro atoms. The zero-order valence-corrected chi connectivity index (χ0v) is 12.9. The van der Waals surface area contributed by atoms with E-state index in [4.69, 9.17) is 9.47 Å². The van der Waals surface area contributed by atoms with Gasteiger partial charge in [-0.05, 0) is 43.5 Å². The number of piperidine rings is 1. The van der Waals surface area contributed by atoms with Crippen molar-refractivity contribution in [1.82, 2.24) is 10.2 Å². The summed E-state index contributed by atoms with van der Waals surface area (Å²) in [5.41, 5.74) is 2.79. The predicted octanol–water partition coefficient (Wildman–Crippen LogP) is 1.99. The molecule has 2 aliphatic heterocycles. The first-order valence-corrected chi connectivity index (χ1v) is 8.04. The third-order valence-electron chi connectivity index (χ3n) is 4.61. The lowest BCUT2D eigenvalue weighted by molar-refractivity contribution is 0.0338. The molecule has 0 aromatic heterocycles. The molecular weight excluding hydrogens is 264 g/mol. The van der Waals surface area contributed by atoms with Crippen molar-refractivity contribution in [1.29, 1.82) is 0 Å². The molecule has 1 N–H and O–H groups in total. The maximum atomic E-state index is 5.56. The van der Waals surface area contributed by atoms with Crippen LogP contribution >= 0.6 is 0 Å². The molecule has 4 heteroatoms. The number of methoxy groups -OCH3 is 1. The molecule has 2 aliphatic rings. The van der Waals surface area contributed by atoms with Crippen LogP contribution in [0.2, 0.25) is 0 Å². The van der Waals surface area contributed by atoms with Gasteiger partial charge in [-0.1, -0.05) is 12.1 Å². The molecule has 1 aromatic rings. The van der Waals surface area contributed by atoms with E-state index in [2.05, 4.69) is 28.4 Å². The van der Waals surface area contributed by atoms with E-state index in [0.29, 0.717) is 5.92 Å². The van der Waals surface area contributed by atoms with Crippen LogP contribution in [0.5, 0.6) is 5.75 Å². The van der Waals surface area contributed by atoms with Gasteiger partial charge in [0.05, 0.1) is 20.3 Å². The van der Waals surface area contributed by atoms with Gasteiger partial charge in [-0.3, -0.25) is 4.90 Å². The second-order valence-electron chi connectivity index (χ2n) is 5.98. The maximum absolute atomic E-state index is 5.56. The fourth-order valence-corrected chi connectivity index (χ4v) is 3.33. The van der Waals surface area contributed by atoms with Gasteiger partial charge in [-0.25, -0.2) is 0 Å². The maximum Gasteiger partial charge on any atom is 0.123 e. The smallest absolute Gasteiger partial charge is 0.123 e. The van der Waals surface area contributed by atoms with Gasteiger partial charge in [0.2, 0.25) is 0 Å². The van der Waals surface area contributed by atoms with Crippen LogP contribution in [0.3, 0.4) is 0 Å². The normalized spacial score (nSPS) is 21.4. The number of rotatable bonds is 4. The zero-order valence-electron chi connectivity index (χ0n) is 12.9. The van der Waals surface area contributed by atoms with Gasteiger partial charge in [0.15, 0.2) is 0 Å². The van der Waals surface area contributed by atoms with Crippen LogP contribution in [0.1, 0.15) is 29.9 Å². The summed E-state index contributed by atoms with van der Waals surface area (Å²) in [6.45, 7) is 6.95. The minimum Gasteiger partial charge on any atom is -0.496 e. The van der Waals surface area contributed by atoms with Gasteiger partial charge >= 0.3 is 0 Å². The number of ether oxygens (including phenoxy) is 2. The average Bonchev–Trinajstić information content (AvgIpc) is 2.56. The SMILES string of the molecule is COc1ccc(C2CCNCC2)cc1CN1CCOCC1. The third kappa shape index (κ3) is 3.76. The van der Waals surface area contributed by atoms with Gasteiger partial charge in [-0.15, -0.1) is 0 Å². The van der Waals surface area contributed by atoms with Crippen molar-refractivity contribution in [3.63, 3.8) is 0 Å². The van der Waals surface area contributed by atoms with Crippen LogP contribution in [-0.2, 0) is 11.3 Å². The summed E-state index contributed by atoms with van der Waals surface area (Å²) in [6, 6.07) is 6.76. The molecule has 0 unspecified atom stereocenters.